The minimum atomic E-state index is -0.409. The minimum Gasteiger partial charge on any atom is -0.441 e. The molecular formula is C19H23N3O3S. The third kappa shape index (κ3) is 3.40. The summed E-state index contributed by atoms with van der Waals surface area (Å²) in [5.41, 5.74) is 0.595. The Hall–Kier alpha value is -2.15. The number of likely N-dealkylation sites (N-methyl/N-ethyl adjacent to an activating group) is 1. The van der Waals surface area contributed by atoms with Gasteiger partial charge in [-0.25, -0.2) is 9.78 Å². The molecule has 0 unspecified atom stereocenters. The fraction of sp³-hybridized carbons (Fsp3) is 0.526. The third-order valence-electron chi connectivity index (χ3n) is 5.28. The van der Waals surface area contributed by atoms with Gasteiger partial charge in [0.05, 0.1) is 21.8 Å². The standard InChI is InChI=1S/C19H23N3O3S/c1-21-13-19(25-18(21)24)9-4-11-22(12-10-19)17(23)8-7-16-20-14-5-2-3-6-15(14)26-16/h2-3,5-6H,4,7-13H2,1H3/t19-/m1/s1. The molecule has 0 aliphatic carbocycles. The first-order valence-corrected chi connectivity index (χ1v) is 9.93. The average molecular weight is 373 g/mol. The van der Waals surface area contributed by atoms with Crippen molar-refractivity contribution >= 4 is 33.6 Å². The number of thiazole rings is 1. The van der Waals surface area contributed by atoms with Crippen LogP contribution in [-0.2, 0) is 16.0 Å². The number of benzene rings is 1. The smallest absolute Gasteiger partial charge is 0.410 e. The highest BCUT2D eigenvalue weighted by Gasteiger charge is 2.44. The second-order valence-corrected chi connectivity index (χ2v) is 8.33. The van der Waals surface area contributed by atoms with Crippen molar-refractivity contribution in [3.8, 4) is 0 Å². The van der Waals surface area contributed by atoms with Crippen molar-refractivity contribution in [1.82, 2.24) is 14.8 Å². The summed E-state index contributed by atoms with van der Waals surface area (Å²) in [6.07, 6.45) is 3.32. The molecule has 3 heterocycles. The van der Waals surface area contributed by atoms with Gasteiger partial charge in [0, 0.05) is 39.4 Å². The number of hydrogen-bond donors (Lipinski definition) is 0. The van der Waals surface area contributed by atoms with Crippen LogP contribution < -0.4 is 0 Å². The zero-order valence-corrected chi connectivity index (χ0v) is 15.8. The van der Waals surface area contributed by atoms with E-state index in [2.05, 4.69) is 11.1 Å². The molecule has 0 N–H and O–H groups in total. The number of aromatic nitrogens is 1. The number of amides is 2. The number of carbonyl (C=O) groups is 2. The molecule has 138 valence electrons. The van der Waals surface area contributed by atoms with Crippen molar-refractivity contribution in [2.24, 2.45) is 0 Å². The van der Waals surface area contributed by atoms with Gasteiger partial charge in [-0.1, -0.05) is 12.1 Å². The van der Waals surface area contributed by atoms with Crippen LogP contribution in [-0.4, -0.2) is 59.1 Å². The van der Waals surface area contributed by atoms with E-state index in [1.807, 2.05) is 23.1 Å². The lowest BCUT2D eigenvalue weighted by atomic mass is 9.95. The molecule has 2 saturated heterocycles. The van der Waals surface area contributed by atoms with Crippen LogP contribution in [0.1, 0.15) is 30.7 Å². The predicted octanol–water partition coefficient (Wildman–Crippen LogP) is 3.06. The Balaban J connectivity index is 1.34. The Morgan fingerprint density at radius 1 is 1.31 bits per heavy atom. The van der Waals surface area contributed by atoms with E-state index in [9.17, 15) is 9.59 Å². The van der Waals surface area contributed by atoms with E-state index >= 15 is 0 Å². The number of nitrogens with zero attached hydrogens (tertiary/aromatic N) is 3. The summed E-state index contributed by atoms with van der Waals surface area (Å²) in [7, 11) is 1.77. The van der Waals surface area contributed by atoms with Crippen LogP contribution in [0.5, 0.6) is 0 Å². The normalized spacial score (nSPS) is 23.5. The summed E-state index contributed by atoms with van der Waals surface area (Å²) >= 11 is 1.66. The topological polar surface area (TPSA) is 62.7 Å². The van der Waals surface area contributed by atoms with E-state index in [1.54, 1.807) is 23.3 Å². The molecule has 0 saturated carbocycles. The summed E-state index contributed by atoms with van der Waals surface area (Å²) in [5, 5.41) is 1.01. The fourth-order valence-corrected chi connectivity index (χ4v) is 4.84. The molecule has 6 nitrogen and oxygen atoms in total. The molecule has 1 atom stereocenters. The summed E-state index contributed by atoms with van der Waals surface area (Å²) < 4.78 is 6.78. The fourth-order valence-electron chi connectivity index (χ4n) is 3.87. The Kier molecular flexibility index (Phi) is 4.56. The van der Waals surface area contributed by atoms with Crippen LogP contribution in [0.15, 0.2) is 24.3 Å². The minimum absolute atomic E-state index is 0.166. The summed E-state index contributed by atoms with van der Waals surface area (Å²) in [6, 6.07) is 8.06. The second kappa shape index (κ2) is 6.87. The first kappa shape index (κ1) is 17.3. The molecule has 7 heteroatoms. The summed E-state index contributed by atoms with van der Waals surface area (Å²) in [4.78, 5) is 32.5. The molecule has 1 spiro atoms. The van der Waals surface area contributed by atoms with Gasteiger partial charge in [-0.15, -0.1) is 11.3 Å². The average Bonchev–Trinajstić information content (AvgIpc) is 3.08. The van der Waals surface area contributed by atoms with Crippen molar-refractivity contribution in [2.75, 3.05) is 26.7 Å². The van der Waals surface area contributed by atoms with Gasteiger partial charge >= 0.3 is 6.09 Å². The van der Waals surface area contributed by atoms with Gasteiger partial charge in [-0.3, -0.25) is 4.79 Å². The third-order valence-corrected chi connectivity index (χ3v) is 6.38. The highest BCUT2D eigenvalue weighted by atomic mass is 32.1. The van der Waals surface area contributed by atoms with Gasteiger partial charge in [0.25, 0.3) is 0 Å². The van der Waals surface area contributed by atoms with E-state index < -0.39 is 5.60 Å². The van der Waals surface area contributed by atoms with Crippen LogP contribution in [0.25, 0.3) is 10.2 Å². The van der Waals surface area contributed by atoms with E-state index in [4.69, 9.17) is 4.74 Å². The molecule has 2 aliphatic rings. The highest BCUT2D eigenvalue weighted by Crippen LogP contribution is 2.32. The zero-order valence-electron chi connectivity index (χ0n) is 14.9. The van der Waals surface area contributed by atoms with Gasteiger partial charge < -0.3 is 14.5 Å². The Bertz CT molecular complexity index is 803. The lowest BCUT2D eigenvalue weighted by molar-refractivity contribution is -0.131. The number of ether oxygens (including phenoxy) is 1. The van der Waals surface area contributed by atoms with E-state index in [0.717, 1.165) is 36.3 Å². The van der Waals surface area contributed by atoms with Crippen molar-refractivity contribution in [1.29, 1.82) is 0 Å². The quantitative estimate of drug-likeness (QED) is 0.830. The molecule has 26 heavy (non-hydrogen) atoms. The number of rotatable bonds is 3. The molecule has 2 amide bonds. The molecule has 2 aliphatic heterocycles. The maximum absolute atomic E-state index is 12.7. The number of para-hydroxylation sites is 1. The molecule has 1 aromatic heterocycles. The SMILES string of the molecule is CN1C[C@]2(CCCN(C(=O)CCc3nc4ccccc4s3)CC2)OC1=O. The molecule has 0 bridgehead atoms. The van der Waals surface area contributed by atoms with Gasteiger partial charge in [-0.2, -0.15) is 0 Å². The molecule has 0 radical (unpaired) electrons. The van der Waals surface area contributed by atoms with Crippen molar-refractivity contribution < 1.29 is 14.3 Å². The van der Waals surface area contributed by atoms with Crippen LogP contribution in [0.2, 0.25) is 0 Å². The molecular weight excluding hydrogens is 350 g/mol. The molecule has 4 rings (SSSR count). The van der Waals surface area contributed by atoms with Gasteiger partial charge in [0.2, 0.25) is 5.91 Å². The maximum Gasteiger partial charge on any atom is 0.410 e. The Labute approximate surface area is 156 Å². The number of fused-ring (bicyclic) bond motifs is 1. The number of hydrogen-bond acceptors (Lipinski definition) is 5. The van der Waals surface area contributed by atoms with E-state index in [0.29, 0.717) is 25.9 Å². The molecule has 2 aromatic rings. The summed E-state index contributed by atoms with van der Waals surface area (Å²) in [6.45, 7) is 2.01. The highest BCUT2D eigenvalue weighted by molar-refractivity contribution is 7.18. The van der Waals surface area contributed by atoms with Gasteiger partial charge in [0.1, 0.15) is 5.60 Å². The number of carbonyl (C=O) groups excluding carboxylic acids is 2. The number of likely N-dealkylation sites (tertiary alicyclic amines) is 1. The van der Waals surface area contributed by atoms with Crippen molar-refractivity contribution in [3.63, 3.8) is 0 Å². The molecule has 1 aromatic carbocycles. The van der Waals surface area contributed by atoms with Crippen LogP contribution >= 0.6 is 11.3 Å². The largest absolute Gasteiger partial charge is 0.441 e. The first-order valence-electron chi connectivity index (χ1n) is 9.11. The van der Waals surface area contributed by atoms with Crippen molar-refractivity contribution in [2.45, 2.75) is 37.7 Å². The monoisotopic (exact) mass is 373 g/mol. The lowest BCUT2D eigenvalue weighted by Gasteiger charge is -2.25. The Morgan fingerprint density at radius 3 is 2.92 bits per heavy atom. The predicted molar refractivity (Wildman–Crippen MR) is 100 cm³/mol. The van der Waals surface area contributed by atoms with Crippen LogP contribution in [0.3, 0.4) is 0 Å². The Morgan fingerprint density at radius 2 is 2.15 bits per heavy atom. The van der Waals surface area contributed by atoms with Crippen LogP contribution in [0, 0.1) is 0 Å². The van der Waals surface area contributed by atoms with Crippen LogP contribution in [0.4, 0.5) is 4.79 Å². The van der Waals surface area contributed by atoms with Crippen molar-refractivity contribution in [3.05, 3.63) is 29.3 Å². The lowest BCUT2D eigenvalue weighted by Crippen LogP contribution is -2.36. The maximum atomic E-state index is 12.7. The van der Waals surface area contributed by atoms with Gasteiger partial charge in [0.15, 0.2) is 0 Å². The first-order chi connectivity index (χ1) is 12.5. The van der Waals surface area contributed by atoms with E-state index in [-0.39, 0.29) is 12.0 Å². The second-order valence-electron chi connectivity index (χ2n) is 7.22. The van der Waals surface area contributed by atoms with Gasteiger partial charge in [-0.05, 0) is 25.0 Å². The summed E-state index contributed by atoms with van der Waals surface area (Å²) in [5.74, 6) is 0.166. The molecule has 2 fully saturated rings. The number of aryl methyl sites for hydroxylation is 1. The zero-order chi connectivity index (χ0) is 18.1. The van der Waals surface area contributed by atoms with E-state index in [1.165, 1.54) is 4.70 Å².